The van der Waals surface area contributed by atoms with Crippen LogP contribution in [0.5, 0.6) is 0 Å². The van der Waals surface area contributed by atoms with Crippen molar-refractivity contribution < 1.29 is 4.79 Å². The SMILES string of the molecule is CNC(=O)C(Cl)c1ccc(C)cc1C. The summed E-state index contributed by atoms with van der Waals surface area (Å²) in [5.41, 5.74) is 3.09. The highest BCUT2D eigenvalue weighted by atomic mass is 35.5. The summed E-state index contributed by atoms with van der Waals surface area (Å²) in [6.07, 6.45) is 0. The highest BCUT2D eigenvalue weighted by Gasteiger charge is 2.17. The van der Waals surface area contributed by atoms with Gasteiger partial charge in [-0.3, -0.25) is 4.79 Å². The molecule has 0 fully saturated rings. The fourth-order valence-corrected chi connectivity index (χ4v) is 1.73. The second-order valence-electron chi connectivity index (χ2n) is 3.34. The number of rotatable bonds is 2. The molecule has 3 heteroatoms. The maximum Gasteiger partial charge on any atom is 0.242 e. The number of benzene rings is 1. The van der Waals surface area contributed by atoms with Crippen LogP contribution in [0.25, 0.3) is 0 Å². The van der Waals surface area contributed by atoms with Crippen LogP contribution in [0, 0.1) is 13.8 Å². The smallest absolute Gasteiger partial charge is 0.242 e. The van der Waals surface area contributed by atoms with E-state index < -0.39 is 5.38 Å². The summed E-state index contributed by atoms with van der Waals surface area (Å²) in [6.45, 7) is 3.97. The summed E-state index contributed by atoms with van der Waals surface area (Å²) >= 11 is 6.00. The first-order chi connectivity index (χ1) is 6.56. The van der Waals surface area contributed by atoms with Crippen molar-refractivity contribution in [3.63, 3.8) is 0 Å². The molecule has 1 atom stereocenters. The Bertz CT molecular complexity index is 349. The van der Waals surface area contributed by atoms with Gasteiger partial charge in [0.15, 0.2) is 0 Å². The maximum absolute atomic E-state index is 11.3. The van der Waals surface area contributed by atoms with Crippen LogP contribution in [-0.2, 0) is 4.79 Å². The molecule has 1 rings (SSSR count). The molecule has 1 N–H and O–H groups in total. The van der Waals surface area contributed by atoms with Gasteiger partial charge in [-0.05, 0) is 25.0 Å². The van der Waals surface area contributed by atoms with Crippen LogP contribution in [0.15, 0.2) is 18.2 Å². The van der Waals surface area contributed by atoms with Crippen LogP contribution < -0.4 is 5.32 Å². The monoisotopic (exact) mass is 211 g/mol. The van der Waals surface area contributed by atoms with Gasteiger partial charge in [-0.2, -0.15) is 0 Å². The zero-order valence-electron chi connectivity index (χ0n) is 8.60. The molecule has 0 spiro atoms. The molecule has 0 radical (unpaired) electrons. The third-order valence-electron chi connectivity index (χ3n) is 2.17. The summed E-state index contributed by atoms with van der Waals surface area (Å²) < 4.78 is 0. The Labute approximate surface area is 89.3 Å². The van der Waals surface area contributed by atoms with E-state index in [1.54, 1.807) is 7.05 Å². The topological polar surface area (TPSA) is 29.1 Å². The van der Waals surface area contributed by atoms with Gasteiger partial charge in [-0.15, -0.1) is 11.6 Å². The third-order valence-corrected chi connectivity index (χ3v) is 2.61. The average molecular weight is 212 g/mol. The summed E-state index contributed by atoms with van der Waals surface area (Å²) in [5, 5.41) is 1.94. The molecule has 0 saturated carbocycles. The molecule has 1 aromatic carbocycles. The van der Waals surface area contributed by atoms with Crippen molar-refractivity contribution in [3.8, 4) is 0 Å². The van der Waals surface area contributed by atoms with Crippen LogP contribution >= 0.6 is 11.6 Å². The lowest BCUT2D eigenvalue weighted by atomic mass is 10.0. The molecule has 1 amide bonds. The molecule has 0 aromatic heterocycles. The van der Waals surface area contributed by atoms with Gasteiger partial charge in [0.05, 0.1) is 0 Å². The van der Waals surface area contributed by atoms with Crippen LogP contribution in [0.2, 0.25) is 0 Å². The molecular weight excluding hydrogens is 198 g/mol. The molecule has 2 nitrogen and oxygen atoms in total. The number of amides is 1. The third kappa shape index (κ3) is 2.26. The molecule has 76 valence electrons. The lowest BCUT2D eigenvalue weighted by Crippen LogP contribution is -2.22. The van der Waals surface area contributed by atoms with Gasteiger partial charge in [0.1, 0.15) is 5.38 Å². The Morgan fingerprint density at radius 1 is 1.43 bits per heavy atom. The van der Waals surface area contributed by atoms with E-state index >= 15 is 0 Å². The van der Waals surface area contributed by atoms with Crippen molar-refractivity contribution >= 4 is 17.5 Å². The van der Waals surface area contributed by atoms with Gasteiger partial charge in [0.25, 0.3) is 0 Å². The number of hydrogen-bond donors (Lipinski definition) is 1. The minimum atomic E-state index is -0.597. The first-order valence-corrected chi connectivity index (χ1v) is 4.92. The average Bonchev–Trinajstić information content (AvgIpc) is 2.15. The Balaban J connectivity index is 3.01. The number of carbonyl (C=O) groups is 1. The van der Waals surface area contributed by atoms with Crippen LogP contribution in [0.4, 0.5) is 0 Å². The van der Waals surface area contributed by atoms with E-state index in [1.165, 1.54) is 5.56 Å². The number of nitrogens with one attached hydrogen (secondary N) is 1. The van der Waals surface area contributed by atoms with E-state index in [1.807, 2.05) is 32.0 Å². The number of hydrogen-bond acceptors (Lipinski definition) is 1. The molecule has 0 aliphatic rings. The lowest BCUT2D eigenvalue weighted by Gasteiger charge is -2.11. The second kappa shape index (κ2) is 4.47. The predicted molar refractivity (Wildman–Crippen MR) is 58.6 cm³/mol. The summed E-state index contributed by atoms with van der Waals surface area (Å²) in [7, 11) is 1.58. The Morgan fingerprint density at radius 3 is 2.57 bits per heavy atom. The van der Waals surface area contributed by atoms with Crippen LogP contribution in [0.3, 0.4) is 0 Å². The number of halogens is 1. The van der Waals surface area contributed by atoms with Crippen molar-refractivity contribution in [2.45, 2.75) is 19.2 Å². The van der Waals surface area contributed by atoms with Gasteiger partial charge in [0.2, 0.25) is 5.91 Å². The Morgan fingerprint density at radius 2 is 2.07 bits per heavy atom. The van der Waals surface area contributed by atoms with Crippen LogP contribution in [-0.4, -0.2) is 13.0 Å². The van der Waals surface area contributed by atoms with Gasteiger partial charge < -0.3 is 5.32 Å². The zero-order valence-corrected chi connectivity index (χ0v) is 9.35. The summed E-state index contributed by atoms with van der Waals surface area (Å²) in [5.74, 6) is -0.168. The fraction of sp³-hybridized carbons (Fsp3) is 0.364. The first-order valence-electron chi connectivity index (χ1n) is 4.49. The highest BCUT2D eigenvalue weighted by molar-refractivity contribution is 6.30. The Kier molecular flexibility index (Phi) is 3.53. The molecular formula is C11H14ClNO. The lowest BCUT2D eigenvalue weighted by molar-refractivity contribution is -0.120. The molecule has 14 heavy (non-hydrogen) atoms. The fourth-order valence-electron chi connectivity index (χ4n) is 1.38. The van der Waals surface area contributed by atoms with Crippen molar-refractivity contribution in [1.29, 1.82) is 0 Å². The summed E-state index contributed by atoms with van der Waals surface area (Å²) in [6, 6.07) is 5.88. The van der Waals surface area contributed by atoms with E-state index in [0.717, 1.165) is 11.1 Å². The van der Waals surface area contributed by atoms with E-state index in [2.05, 4.69) is 5.32 Å². The summed E-state index contributed by atoms with van der Waals surface area (Å²) in [4.78, 5) is 11.3. The van der Waals surface area contributed by atoms with E-state index in [9.17, 15) is 4.79 Å². The van der Waals surface area contributed by atoms with E-state index in [-0.39, 0.29) is 5.91 Å². The van der Waals surface area contributed by atoms with Gasteiger partial charge in [-0.1, -0.05) is 23.8 Å². The van der Waals surface area contributed by atoms with E-state index in [4.69, 9.17) is 11.6 Å². The largest absolute Gasteiger partial charge is 0.358 e. The van der Waals surface area contributed by atoms with Crippen molar-refractivity contribution in [2.24, 2.45) is 0 Å². The minimum absolute atomic E-state index is 0.168. The molecule has 0 aliphatic heterocycles. The molecule has 0 bridgehead atoms. The van der Waals surface area contributed by atoms with Gasteiger partial charge >= 0.3 is 0 Å². The molecule has 1 unspecified atom stereocenters. The van der Waals surface area contributed by atoms with Gasteiger partial charge in [0, 0.05) is 7.05 Å². The second-order valence-corrected chi connectivity index (χ2v) is 3.77. The van der Waals surface area contributed by atoms with Crippen molar-refractivity contribution in [1.82, 2.24) is 5.32 Å². The number of carbonyl (C=O) groups excluding carboxylic acids is 1. The van der Waals surface area contributed by atoms with Gasteiger partial charge in [-0.25, -0.2) is 0 Å². The molecule has 0 aliphatic carbocycles. The zero-order chi connectivity index (χ0) is 10.7. The number of alkyl halides is 1. The maximum atomic E-state index is 11.3. The quantitative estimate of drug-likeness (QED) is 0.748. The van der Waals surface area contributed by atoms with Crippen LogP contribution in [0.1, 0.15) is 22.1 Å². The molecule has 1 aromatic rings. The number of likely N-dealkylation sites (N-methyl/N-ethyl adjacent to an activating group) is 1. The Hall–Kier alpha value is -1.02. The predicted octanol–water partition coefficient (Wildman–Crippen LogP) is 2.33. The normalized spacial score (nSPS) is 12.3. The molecule has 0 saturated heterocycles. The van der Waals surface area contributed by atoms with E-state index in [0.29, 0.717) is 0 Å². The minimum Gasteiger partial charge on any atom is -0.358 e. The first kappa shape index (κ1) is 11.1. The standard InChI is InChI=1S/C11H14ClNO/c1-7-4-5-9(8(2)6-7)10(12)11(14)13-3/h4-6,10H,1-3H3,(H,13,14). The number of aryl methyl sites for hydroxylation is 2. The molecule has 0 heterocycles. The highest BCUT2D eigenvalue weighted by Crippen LogP contribution is 2.24. The van der Waals surface area contributed by atoms with Crippen molar-refractivity contribution in [2.75, 3.05) is 7.05 Å². The van der Waals surface area contributed by atoms with Crippen molar-refractivity contribution in [3.05, 3.63) is 34.9 Å².